The molecule has 1 heterocycles. The van der Waals surface area contributed by atoms with E-state index in [0.29, 0.717) is 22.5 Å². The minimum absolute atomic E-state index is 0.129. The normalized spacial score (nSPS) is 11.8. The van der Waals surface area contributed by atoms with Crippen molar-refractivity contribution in [2.75, 3.05) is 28.3 Å². The summed E-state index contributed by atoms with van der Waals surface area (Å²) in [5.41, 5.74) is 1.75. The Labute approximate surface area is 170 Å². The van der Waals surface area contributed by atoms with Crippen LogP contribution in [0.1, 0.15) is 5.56 Å². The molecule has 3 aromatic rings. The van der Waals surface area contributed by atoms with E-state index in [2.05, 4.69) is 26.2 Å². The number of methoxy groups -OCH3 is 2. The molecule has 0 saturated heterocycles. The Bertz CT molecular complexity index is 1110. The van der Waals surface area contributed by atoms with Gasteiger partial charge in [-0.25, -0.2) is 12.7 Å². The van der Waals surface area contributed by atoms with Crippen LogP contribution >= 0.6 is 15.9 Å². The van der Waals surface area contributed by atoms with Gasteiger partial charge in [0, 0.05) is 24.1 Å². The standard InChI is InChI=1S/C17H19BrN4O5S/c1-21(2)28(23,24)12-5-6-14-15(8-12)22(20-19-14)27-10-11-7-16(25-3)17(26-4)9-13(11)18/h5-9H,10H2,1-4H3. The fraction of sp³-hybridized carbons (Fsp3) is 0.294. The molecule has 0 unspecified atom stereocenters. The van der Waals surface area contributed by atoms with Gasteiger partial charge in [0.15, 0.2) is 11.5 Å². The SMILES string of the molecule is COc1cc(Br)c(COn2nnc3ccc(S(=O)(=O)N(C)C)cc32)cc1OC. The van der Waals surface area contributed by atoms with E-state index in [1.54, 1.807) is 32.4 Å². The molecular weight excluding hydrogens is 452 g/mol. The van der Waals surface area contributed by atoms with Gasteiger partial charge < -0.3 is 14.3 Å². The summed E-state index contributed by atoms with van der Waals surface area (Å²) >= 11 is 3.47. The molecule has 0 bridgehead atoms. The van der Waals surface area contributed by atoms with Crippen molar-refractivity contribution < 1.29 is 22.7 Å². The number of halogens is 1. The van der Waals surface area contributed by atoms with E-state index < -0.39 is 10.0 Å². The van der Waals surface area contributed by atoms with Crippen LogP contribution in [-0.2, 0) is 16.6 Å². The van der Waals surface area contributed by atoms with E-state index in [-0.39, 0.29) is 11.5 Å². The molecule has 3 rings (SSSR count). The highest BCUT2D eigenvalue weighted by Gasteiger charge is 2.19. The van der Waals surface area contributed by atoms with Crippen LogP contribution in [0.2, 0.25) is 0 Å². The maximum Gasteiger partial charge on any atom is 0.242 e. The quantitative estimate of drug-likeness (QED) is 0.521. The van der Waals surface area contributed by atoms with Gasteiger partial charge in [0.1, 0.15) is 17.6 Å². The molecule has 0 amide bonds. The molecule has 0 aliphatic heterocycles. The van der Waals surface area contributed by atoms with Gasteiger partial charge in [0.2, 0.25) is 10.0 Å². The van der Waals surface area contributed by atoms with E-state index in [1.807, 2.05) is 0 Å². The van der Waals surface area contributed by atoms with Crippen molar-refractivity contribution in [2.45, 2.75) is 11.5 Å². The van der Waals surface area contributed by atoms with E-state index >= 15 is 0 Å². The van der Waals surface area contributed by atoms with Crippen LogP contribution in [0.25, 0.3) is 11.0 Å². The number of nitrogens with zero attached hydrogens (tertiary/aromatic N) is 4. The van der Waals surface area contributed by atoms with E-state index in [9.17, 15) is 8.42 Å². The summed E-state index contributed by atoms with van der Waals surface area (Å²) in [5, 5.41) is 7.95. The van der Waals surface area contributed by atoms with Crippen molar-refractivity contribution in [3.8, 4) is 11.5 Å². The van der Waals surface area contributed by atoms with Gasteiger partial charge in [-0.05, 0) is 35.5 Å². The largest absolute Gasteiger partial charge is 0.493 e. The molecule has 1 aromatic heterocycles. The zero-order chi connectivity index (χ0) is 20.5. The fourth-order valence-electron chi connectivity index (χ4n) is 2.48. The second kappa shape index (κ2) is 7.94. The third kappa shape index (κ3) is 3.77. The minimum Gasteiger partial charge on any atom is -0.493 e. The third-order valence-electron chi connectivity index (χ3n) is 4.06. The maximum absolute atomic E-state index is 12.4. The lowest BCUT2D eigenvalue weighted by Gasteiger charge is -2.13. The Morgan fingerprint density at radius 1 is 1.11 bits per heavy atom. The van der Waals surface area contributed by atoms with Crippen LogP contribution in [0.5, 0.6) is 11.5 Å². The highest BCUT2D eigenvalue weighted by molar-refractivity contribution is 9.10. The van der Waals surface area contributed by atoms with E-state index in [4.69, 9.17) is 14.3 Å². The Morgan fingerprint density at radius 2 is 1.79 bits per heavy atom. The van der Waals surface area contributed by atoms with Crippen LogP contribution in [0.4, 0.5) is 0 Å². The highest BCUT2D eigenvalue weighted by atomic mass is 79.9. The van der Waals surface area contributed by atoms with Crippen molar-refractivity contribution in [1.82, 2.24) is 19.5 Å². The van der Waals surface area contributed by atoms with Gasteiger partial charge >= 0.3 is 0 Å². The Hall–Kier alpha value is -2.37. The molecule has 150 valence electrons. The number of hydrogen-bond acceptors (Lipinski definition) is 7. The number of hydrogen-bond donors (Lipinski definition) is 0. The number of ether oxygens (including phenoxy) is 2. The van der Waals surface area contributed by atoms with Crippen LogP contribution < -0.4 is 14.3 Å². The van der Waals surface area contributed by atoms with Crippen molar-refractivity contribution in [1.29, 1.82) is 0 Å². The molecule has 0 saturated carbocycles. The molecule has 0 N–H and O–H groups in total. The van der Waals surface area contributed by atoms with Gasteiger partial charge in [-0.2, -0.15) is 0 Å². The molecular formula is C17H19BrN4O5S. The van der Waals surface area contributed by atoms with Crippen molar-refractivity contribution in [3.63, 3.8) is 0 Å². The summed E-state index contributed by atoms with van der Waals surface area (Å²) in [5.74, 6) is 1.15. The van der Waals surface area contributed by atoms with Crippen LogP contribution in [-0.4, -0.2) is 56.2 Å². The lowest BCUT2D eigenvalue weighted by molar-refractivity contribution is 0.0746. The second-order valence-electron chi connectivity index (χ2n) is 5.97. The van der Waals surface area contributed by atoms with E-state index in [1.165, 1.54) is 31.1 Å². The number of rotatable bonds is 7. The number of benzene rings is 2. The van der Waals surface area contributed by atoms with Crippen LogP contribution in [0, 0.1) is 0 Å². The summed E-state index contributed by atoms with van der Waals surface area (Å²) in [7, 11) is 2.47. The molecule has 28 heavy (non-hydrogen) atoms. The summed E-state index contributed by atoms with van der Waals surface area (Å²) in [6.07, 6.45) is 0. The second-order valence-corrected chi connectivity index (χ2v) is 8.98. The van der Waals surface area contributed by atoms with Crippen LogP contribution in [0.15, 0.2) is 39.7 Å². The predicted molar refractivity (Wildman–Crippen MR) is 106 cm³/mol. The lowest BCUT2D eigenvalue weighted by atomic mass is 10.2. The summed E-state index contributed by atoms with van der Waals surface area (Å²) in [4.78, 5) is 7.07. The molecule has 0 atom stereocenters. The van der Waals surface area contributed by atoms with Crippen molar-refractivity contribution in [3.05, 3.63) is 40.4 Å². The Balaban J connectivity index is 1.91. The summed E-state index contributed by atoms with van der Waals surface area (Å²) < 4.78 is 37.2. The molecule has 0 aliphatic carbocycles. The number of aromatic nitrogens is 3. The summed E-state index contributed by atoms with van der Waals surface area (Å²) in [6, 6.07) is 8.11. The third-order valence-corrected chi connectivity index (χ3v) is 6.61. The van der Waals surface area contributed by atoms with Gasteiger partial charge in [0.25, 0.3) is 0 Å². The average Bonchev–Trinajstić information content (AvgIpc) is 3.08. The molecule has 0 spiro atoms. The minimum atomic E-state index is -3.58. The highest BCUT2D eigenvalue weighted by Crippen LogP contribution is 2.33. The first-order valence-electron chi connectivity index (χ1n) is 8.09. The van der Waals surface area contributed by atoms with Gasteiger partial charge in [-0.3, -0.25) is 0 Å². The van der Waals surface area contributed by atoms with Gasteiger partial charge in [0.05, 0.1) is 19.1 Å². The van der Waals surface area contributed by atoms with Gasteiger partial charge in [-0.15, -0.1) is 5.10 Å². The van der Waals surface area contributed by atoms with Gasteiger partial charge in [-0.1, -0.05) is 20.8 Å². The smallest absolute Gasteiger partial charge is 0.242 e. The summed E-state index contributed by atoms with van der Waals surface area (Å²) in [6.45, 7) is 0.143. The van der Waals surface area contributed by atoms with Crippen molar-refractivity contribution in [2.24, 2.45) is 0 Å². The molecule has 0 fully saturated rings. The number of fused-ring (bicyclic) bond motifs is 1. The monoisotopic (exact) mass is 470 g/mol. The molecule has 11 heteroatoms. The van der Waals surface area contributed by atoms with E-state index in [0.717, 1.165) is 14.3 Å². The van der Waals surface area contributed by atoms with Crippen LogP contribution in [0.3, 0.4) is 0 Å². The molecule has 0 radical (unpaired) electrons. The molecule has 0 aliphatic rings. The molecule has 2 aromatic carbocycles. The zero-order valence-corrected chi connectivity index (χ0v) is 18.1. The molecule has 9 nitrogen and oxygen atoms in total. The first-order valence-corrected chi connectivity index (χ1v) is 10.3. The number of sulfonamides is 1. The Kier molecular flexibility index (Phi) is 5.77. The topological polar surface area (TPSA) is 95.8 Å². The first-order chi connectivity index (χ1) is 13.3. The first kappa shape index (κ1) is 20.4. The zero-order valence-electron chi connectivity index (χ0n) is 15.7. The maximum atomic E-state index is 12.4. The lowest BCUT2D eigenvalue weighted by Crippen LogP contribution is -2.22. The average molecular weight is 471 g/mol. The van der Waals surface area contributed by atoms with Crippen molar-refractivity contribution >= 4 is 37.0 Å². The Morgan fingerprint density at radius 3 is 2.43 bits per heavy atom. The fourth-order valence-corrected chi connectivity index (χ4v) is 3.84. The predicted octanol–water partition coefficient (Wildman–Crippen LogP) is 2.09.